The van der Waals surface area contributed by atoms with Gasteiger partial charge in [-0.15, -0.1) is 0 Å². The van der Waals surface area contributed by atoms with Crippen molar-refractivity contribution in [3.63, 3.8) is 0 Å². The molecule has 0 N–H and O–H groups in total. The summed E-state index contributed by atoms with van der Waals surface area (Å²) in [5.41, 5.74) is 2.97. The normalized spacial score (nSPS) is 21.4. The summed E-state index contributed by atoms with van der Waals surface area (Å²) in [6.45, 7) is 4.48. The lowest BCUT2D eigenvalue weighted by atomic mass is 10.1. The molecule has 3 nitrogen and oxygen atoms in total. The van der Waals surface area contributed by atoms with Crippen LogP contribution >= 0.6 is 0 Å². The van der Waals surface area contributed by atoms with E-state index in [9.17, 15) is 0 Å². The van der Waals surface area contributed by atoms with E-state index in [0.29, 0.717) is 0 Å². The molecule has 0 saturated carbocycles. The Morgan fingerprint density at radius 3 is 2.59 bits per heavy atom. The Kier molecular flexibility index (Phi) is 2.73. The number of furan rings is 1. The first-order valence-electron chi connectivity index (χ1n) is 7.76. The topological polar surface area (TPSA) is 19.6 Å². The number of hydrogen-bond acceptors (Lipinski definition) is 3. The fourth-order valence-corrected chi connectivity index (χ4v) is 3.34. The van der Waals surface area contributed by atoms with Crippen molar-refractivity contribution >= 4 is 27.6 Å². The largest absolute Gasteiger partial charge is 0.454 e. The molecule has 1 aliphatic rings. The average Bonchev–Trinajstić information content (AvgIpc) is 3.06. The molecule has 0 fully saturated rings. The number of nitrogens with zero attached hydrogens (tertiary/aromatic N) is 2. The molecule has 2 aromatic carbocycles. The van der Waals surface area contributed by atoms with Crippen molar-refractivity contribution < 1.29 is 4.42 Å². The van der Waals surface area contributed by atoms with Crippen LogP contribution < -0.4 is 4.90 Å². The zero-order valence-corrected chi connectivity index (χ0v) is 13.2. The van der Waals surface area contributed by atoms with Gasteiger partial charge in [-0.3, -0.25) is 0 Å². The number of rotatable bonds is 2. The second-order valence-corrected chi connectivity index (χ2v) is 6.10. The maximum Gasteiger partial charge on any atom is 0.159 e. The van der Waals surface area contributed by atoms with E-state index in [1.165, 1.54) is 10.8 Å². The zero-order valence-electron chi connectivity index (χ0n) is 13.2. The first kappa shape index (κ1) is 13.3. The summed E-state index contributed by atoms with van der Waals surface area (Å²) in [6, 6.07) is 14.6. The zero-order chi connectivity index (χ0) is 15.3. The van der Waals surface area contributed by atoms with Gasteiger partial charge >= 0.3 is 0 Å². The van der Waals surface area contributed by atoms with Crippen molar-refractivity contribution in [3.05, 3.63) is 54.9 Å². The Balaban J connectivity index is 1.98. The molecule has 112 valence electrons. The highest BCUT2D eigenvalue weighted by molar-refractivity contribution is 6.09. The van der Waals surface area contributed by atoms with Gasteiger partial charge in [-0.05, 0) is 25.5 Å². The van der Waals surface area contributed by atoms with Crippen molar-refractivity contribution in [2.45, 2.75) is 25.9 Å². The van der Waals surface area contributed by atoms with Crippen molar-refractivity contribution in [2.75, 3.05) is 11.9 Å². The number of hydrogen-bond donors (Lipinski definition) is 0. The lowest BCUT2D eigenvalue weighted by molar-refractivity contribution is 0.220. The second-order valence-electron chi connectivity index (χ2n) is 6.10. The van der Waals surface area contributed by atoms with Gasteiger partial charge in [-0.1, -0.05) is 37.3 Å². The van der Waals surface area contributed by atoms with Gasteiger partial charge in [0.25, 0.3) is 0 Å². The molecule has 3 heteroatoms. The van der Waals surface area contributed by atoms with E-state index in [4.69, 9.17) is 4.42 Å². The quantitative estimate of drug-likeness (QED) is 0.667. The molecule has 1 aliphatic heterocycles. The van der Waals surface area contributed by atoms with Crippen LogP contribution in [-0.4, -0.2) is 17.6 Å². The van der Waals surface area contributed by atoms with Gasteiger partial charge in [-0.25, -0.2) is 0 Å². The molecule has 0 bridgehead atoms. The molecule has 22 heavy (non-hydrogen) atoms. The molecular weight excluding hydrogens is 272 g/mol. The van der Waals surface area contributed by atoms with E-state index in [0.717, 1.165) is 23.3 Å². The van der Waals surface area contributed by atoms with Gasteiger partial charge < -0.3 is 14.2 Å². The van der Waals surface area contributed by atoms with E-state index in [1.807, 2.05) is 12.1 Å². The molecule has 3 aromatic rings. The molecule has 0 radical (unpaired) electrons. The van der Waals surface area contributed by atoms with E-state index >= 15 is 0 Å². The Bertz CT molecular complexity index is 879. The highest BCUT2D eigenvalue weighted by atomic mass is 16.3. The van der Waals surface area contributed by atoms with Gasteiger partial charge in [0, 0.05) is 30.2 Å². The van der Waals surface area contributed by atoms with Crippen molar-refractivity contribution in [1.82, 2.24) is 4.90 Å². The van der Waals surface area contributed by atoms with Gasteiger partial charge in [0.1, 0.15) is 11.2 Å². The van der Waals surface area contributed by atoms with Crippen molar-refractivity contribution in [2.24, 2.45) is 0 Å². The summed E-state index contributed by atoms with van der Waals surface area (Å²) < 4.78 is 6.17. The van der Waals surface area contributed by atoms with E-state index in [-0.39, 0.29) is 5.66 Å². The molecule has 0 amide bonds. The first-order chi connectivity index (χ1) is 10.6. The fourth-order valence-electron chi connectivity index (χ4n) is 3.34. The third-order valence-corrected chi connectivity index (χ3v) is 5.03. The summed E-state index contributed by atoms with van der Waals surface area (Å²) in [6.07, 6.45) is 5.30. The van der Waals surface area contributed by atoms with E-state index < -0.39 is 0 Å². The molecular formula is C19H20N2O. The SMILES string of the molecule is CCC1(C)N(C)C=CN1c1cccc2c1oc1ccccc12. The van der Waals surface area contributed by atoms with Gasteiger partial charge in [0.2, 0.25) is 0 Å². The lowest BCUT2D eigenvalue weighted by Crippen LogP contribution is -2.49. The Morgan fingerprint density at radius 1 is 1.00 bits per heavy atom. The van der Waals surface area contributed by atoms with E-state index in [2.05, 4.69) is 73.4 Å². The standard InChI is InChI=1S/C19H20N2O/c1-4-19(2)20(3)12-13-21(19)16-10-7-9-15-14-8-5-6-11-17(14)22-18(15)16/h5-13H,4H2,1-3H3. The number of benzene rings is 2. The Hall–Kier alpha value is -2.42. The minimum Gasteiger partial charge on any atom is -0.454 e. The van der Waals surface area contributed by atoms with Crippen molar-refractivity contribution in [3.8, 4) is 0 Å². The summed E-state index contributed by atoms with van der Waals surface area (Å²) in [5, 5.41) is 2.35. The molecule has 2 heterocycles. The Labute approximate surface area is 130 Å². The van der Waals surface area contributed by atoms with Crippen LogP contribution in [0.4, 0.5) is 5.69 Å². The van der Waals surface area contributed by atoms with Crippen LogP contribution in [0.2, 0.25) is 0 Å². The first-order valence-corrected chi connectivity index (χ1v) is 7.76. The maximum absolute atomic E-state index is 6.17. The number of anilines is 1. The number of para-hydroxylation sites is 2. The van der Waals surface area contributed by atoms with Gasteiger partial charge in [0.15, 0.2) is 5.58 Å². The fraction of sp³-hybridized carbons (Fsp3) is 0.263. The third kappa shape index (κ3) is 1.62. The average molecular weight is 292 g/mol. The van der Waals surface area contributed by atoms with E-state index in [1.54, 1.807) is 0 Å². The highest BCUT2D eigenvalue weighted by Gasteiger charge is 2.37. The maximum atomic E-state index is 6.17. The molecule has 1 aromatic heterocycles. The van der Waals surface area contributed by atoms with Crippen LogP contribution in [0.1, 0.15) is 20.3 Å². The van der Waals surface area contributed by atoms with Crippen LogP contribution in [0.25, 0.3) is 21.9 Å². The summed E-state index contributed by atoms with van der Waals surface area (Å²) in [7, 11) is 2.12. The lowest BCUT2D eigenvalue weighted by Gasteiger charge is -2.40. The van der Waals surface area contributed by atoms with Crippen LogP contribution in [0, 0.1) is 0 Å². The van der Waals surface area contributed by atoms with Crippen LogP contribution in [0.15, 0.2) is 59.3 Å². The summed E-state index contributed by atoms with van der Waals surface area (Å²) in [5.74, 6) is 0. The van der Waals surface area contributed by atoms with Crippen LogP contribution in [-0.2, 0) is 0 Å². The van der Waals surface area contributed by atoms with Crippen molar-refractivity contribution in [1.29, 1.82) is 0 Å². The minimum absolute atomic E-state index is 0.0622. The molecule has 4 rings (SSSR count). The molecule has 1 atom stereocenters. The molecule has 0 saturated heterocycles. The van der Waals surface area contributed by atoms with Crippen LogP contribution in [0.5, 0.6) is 0 Å². The minimum atomic E-state index is -0.0622. The highest BCUT2D eigenvalue weighted by Crippen LogP contribution is 2.40. The molecule has 0 aliphatic carbocycles. The predicted molar refractivity (Wildman–Crippen MR) is 91.8 cm³/mol. The summed E-state index contributed by atoms with van der Waals surface area (Å²) >= 11 is 0. The monoisotopic (exact) mass is 292 g/mol. The predicted octanol–water partition coefficient (Wildman–Crippen LogP) is 4.94. The molecule has 0 spiro atoms. The number of fused-ring (bicyclic) bond motifs is 3. The second kappa shape index (κ2) is 4.54. The molecule has 1 unspecified atom stereocenters. The third-order valence-electron chi connectivity index (χ3n) is 5.03. The Morgan fingerprint density at radius 2 is 1.77 bits per heavy atom. The summed E-state index contributed by atoms with van der Waals surface area (Å²) in [4.78, 5) is 4.58. The van der Waals surface area contributed by atoms with Gasteiger partial charge in [-0.2, -0.15) is 0 Å². The smallest absolute Gasteiger partial charge is 0.159 e. The van der Waals surface area contributed by atoms with Gasteiger partial charge in [0.05, 0.1) is 5.69 Å². The van der Waals surface area contributed by atoms with Crippen LogP contribution in [0.3, 0.4) is 0 Å².